The van der Waals surface area contributed by atoms with Crippen LogP contribution in [0.2, 0.25) is 5.15 Å². The Morgan fingerprint density at radius 3 is 3.00 bits per heavy atom. The molecule has 0 radical (unpaired) electrons. The Morgan fingerprint density at radius 1 is 1.44 bits per heavy atom. The van der Waals surface area contributed by atoms with E-state index in [9.17, 15) is 0 Å². The fraction of sp³-hybridized carbons (Fsp3) is 0.417. The summed E-state index contributed by atoms with van der Waals surface area (Å²) in [6.07, 6.45) is 5.96. The molecule has 3 rings (SSSR count). The minimum absolute atomic E-state index is 0.695. The van der Waals surface area contributed by atoms with Crippen LogP contribution in [-0.2, 0) is 6.54 Å². The number of rotatable bonds is 3. The van der Waals surface area contributed by atoms with Crippen molar-refractivity contribution in [1.82, 2.24) is 14.7 Å². The van der Waals surface area contributed by atoms with Gasteiger partial charge in [0.2, 0.25) is 0 Å². The zero-order valence-corrected chi connectivity index (χ0v) is 9.74. The number of nitrogens with zero attached hydrogens (tertiary/aromatic N) is 2. The van der Waals surface area contributed by atoms with Gasteiger partial charge in [-0.15, -0.1) is 0 Å². The Bertz CT molecular complexity index is 502. The van der Waals surface area contributed by atoms with Crippen molar-refractivity contribution >= 4 is 17.2 Å². The van der Waals surface area contributed by atoms with E-state index in [1.165, 1.54) is 19.3 Å². The maximum Gasteiger partial charge on any atom is 0.138 e. The van der Waals surface area contributed by atoms with Gasteiger partial charge in [0, 0.05) is 18.8 Å². The first-order valence-electron chi connectivity index (χ1n) is 5.69. The molecule has 1 saturated carbocycles. The van der Waals surface area contributed by atoms with Crippen LogP contribution in [0.5, 0.6) is 0 Å². The molecule has 2 heterocycles. The molecule has 1 N–H and O–H groups in total. The Labute approximate surface area is 99.4 Å². The summed E-state index contributed by atoms with van der Waals surface area (Å²) >= 11 is 6.07. The molecule has 0 saturated heterocycles. The van der Waals surface area contributed by atoms with E-state index in [0.717, 1.165) is 17.9 Å². The molecule has 16 heavy (non-hydrogen) atoms. The minimum Gasteiger partial charge on any atom is -0.308 e. The standard InChI is InChI=1S/C12H14ClN3/c13-11-5-2-6-12-15-10(8-16(11)12)7-14-9-3-1-4-9/h2,5-6,8-9,14H,1,3-4,7H2. The number of hydrogen-bond acceptors (Lipinski definition) is 2. The van der Waals surface area contributed by atoms with E-state index in [4.69, 9.17) is 11.6 Å². The van der Waals surface area contributed by atoms with Crippen molar-refractivity contribution in [2.24, 2.45) is 0 Å². The van der Waals surface area contributed by atoms with Crippen molar-refractivity contribution in [3.8, 4) is 0 Å². The molecule has 2 aromatic heterocycles. The first-order chi connectivity index (χ1) is 7.83. The molecule has 1 fully saturated rings. The number of aromatic nitrogens is 2. The lowest BCUT2D eigenvalue weighted by atomic mass is 9.93. The summed E-state index contributed by atoms with van der Waals surface area (Å²) in [5.74, 6) is 0. The van der Waals surface area contributed by atoms with Gasteiger partial charge in [0.05, 0.1) is 5.69 Å². The average molecular weight is 236 g/mol. The number of halogens is 1. The molecular formula is C12H14ClN3. The fourth-order valence-corrected chi connectivity index (χ4v) is 2.18. The Morgan fingerprint density at radius 2 is 2.31 bits per heavy atom. The summed E-state index contributed by atoms with van der Waals surface area (Å²) in [4.78, 5) is 4.52. The van der Waals surface area contributed by atoms with Gasteiger partial charge in [-0.1, -0.05) is 24.1 Å². The normalized spacial score (nSPS) is 16.6. The van der Waals surface area contributed by atoms with Crippen LogP contribution in [0.3, 0.4) is 0 Å². The second-order valence-corrected chi connectivity index (χ2v) is 4.70. The van der Waals surface area contributed by atoms with E-state index in [2.05, 4.69) is 10.3 Å². The molecule has 2 aromatic rings. The first kappa shape index (κ1) is 10.1. The van der Waals surface area contributed by atoms with Gasteiger partial charge in [-0.3, -0.25) is 4.40 Å². The third-order valence-electron chi connectivity index (χ3n) is 3.17. The molecule has 0 amide bonds. The SMILES string of the molecule is Clc1cccc2nc(CNC3CCC3)cn12. The maximum absolute atomic E-state index is 6.07. The highest BCUT2D eigenvalue weighted by Crippen LogP contribution is 2.19. The maximum atomic E-state index is 6.07. The van der Waals surface area contributed by atoms with E-state index in [1.807, 2.05) is 28.8 Å². The molecule has 0 unspecified atom stereocenters. The first-order valence-corrected chi connectivity index (χ1v) is 6.06. The lowest BCUT2D eigenvalue weighted by Crippen LogP contribution is -2.34. The van der Waals surface area contributed by atoms with Gasteiger partial charge in [-0.05, 0) is 25.0 Å². The molecule has 3 nitrogen and oxygen atoms in total. The monoisotopic (exact) mass is 235 g/mol. The summed E-state index contributed by atoms with van der Waals surface area (Å²) in [7, 11) is 0. The number of imidazole rings is 1. The minimum atomic E-state index is 0.695. The van der Waals surface area contributed by atoms with Crippen molar-refractivity contribution in [1.29, 1.82) is 0 Å². The molecule has 0 aliphatic heterocycles. The third kappa shape index (κ3) is 1.81. The van der Waals surface area contributed by atoms with Crippen molar-refractivity contribution < 1.29 is 0 Å². The van der Waals surface area contributed by atoms with Crippen LogP contribution in [0.15, 0.2) is 24.4 Å². The van der Waals surface area contributed by atoms with Crippen LogP contribution in [-0.4, -0.2) is 15.4 Å². The summed E-state index contributed by atoms with van der Waals surface area (Å²) in [5.41, 5.74) is 1.97. The van der Waals surface area contributed by atoms with E-state index in [-0.39, 0.29) is 0 Å². The van der Waals surface area contributed by atoms with Crippen molar-refractivity contribution in [2.75, 3.05) is 0 Å². The van der Waals surface area contributed by atoms with Crippen molar-refractivity contribution in [3.63, 3.8) is 0 Å². The number of pyridine rings is 1. The second-order valence-electron chi connectivity index (χ2n) is 4.32. The molecule has 1 aliphatic rings. The Hall–Kier alpha value is -1.06. The fourth-order valence-electron chi connectivity index (χ4n) is 1.97. The lowest BCUT2D eigenvalue weighted by Gasteiger charge is -2.26. The average Bonchev–Trinajstić information content (AvgIpc) is 2.60. The van der Waals surface area contributed by atoms with Crippen LogP contribution in [0, 0.1) is 0 Å². The summed E-state index contributed by atoms with van der Waals surface area (Å²) in [6, 6.07) is 6.46. The van der Waals surface area contributed by atoms with Crippen LogP contribution in [0.1, 0.15) is 25.0 Å². The van der Waals surface area contributed by atoms with Crippen molar-refractivity contribution in [3.05, 3.63) is 35.2 Å². The van der Waals surface area contributed by atoms with Crippen LogP contribution in [0.4, 0.5) is 0 Å². The van der Waals surface area contributed by atoms with E-state index >= 15 is 0 Å². The molecule has 1 aliphatic carbocycles. The second kappa shape index (κ2) is 4.07. The quantitative estimate of drug-likeness (QED) is 0.829. The highest BCUT2D eigenvalue weighted by Gasteiger charge is 2.16. The topological polar surface area (TPSA) is 29.3 Å². The number of nitrogens with one attached hydrogen (secondary N) is 1. The molecule has 84 valence electrons. The smallest absolute Gasteiger partial charge is 0.138 e. The molecular weight excluding hydrogens is 222 g/mol. The van der Waals surface area contributed by atoms with Gasteiger partial charge < -0.3 is 5.32 Å². The predicted molar refractivity (Wildman–Crippen MR) is 64.7 cm³/mol. The summed E-state index contributed by atoms with van der Waals surface area (Å²) in [6.45, 7) is 0.836. The summed E-state index contributed by atoms with van der Waals surface area (Å²) < 4.78 is 1.92. The predicted octanol–water partition coefficient (Wildman–Crippen LogP) is 2.63. The van der Waals surface area contributed by atoms with Crippen LogP contribution < -0.4 is 5.32 Å². The lowest BCUT2D eigenvalue weighted by molar-refractivity contribution is 0.337. The van der Waals surface area contributed by atoms with Gasteiger partial charge in [-0.2, -0.15) is 0 Å². The Balaban J connectivity index is 1.79. The van der Waals surface area contributed by atoms with Gasteiger partial charge in [0.25, 0.3) is 0 Å². The number of fused-ring (bicyclic) bond motifs is 1. The largest absolute Gasteiger partial charge is 0.308 e. The van der Waals surface area contributed by atoms with E-state index in [1.54, 1.807) is 0 Å². The van der Waals surface area contributed by atoms with Gasteiger partial charge in [0.1, 0.15) is 10.8 Å². The highest BCUT2D eigenvalue weighted by atomic mass is 35.5. The molecule has 0 spiro atoms. The van der Waals surface area contributed by atoms with Crippen molar-refractivity contribution in [2.45, 2.75) is 31.8 Å². The van der Waals surface area contributed by atoms with Crippen LogP contribution in [0.25, 0.3) is 5.65 Å². The van der Waals surface area contributed by atoms with Gasteiger partial charge in [0.15, 0.2) is 0 Å². The third-order valence-corrected chi connectivity index (χ3v) is 3.48. The highest BCUT2D eigenvalue weighted by molar-refractivity contribution is 6.29. The molecule has 0 aromatic carbocycles. The molecule has 0 bridgehead atoms. The molecule has 0 atom stereocenters. The van der Waals surface area contributed by atoms with E-state index < -0.39 is 0 Å². The summed E-state index contributed by atoms with van der Waals surface area (Å²) in [5, 5.41) is 4.21. The van der Waals surface area contributed by atoms with Gasteiger partial charge in [-0.25, -0.2) is 4.98 Å². The van der Waals surface area contributed by atoms with Crippen LogP contribution >= 0.6 is 11.6 Å². The van der Waals surface area contributed by atoms with Gasteiger partial charge >= 0.3 is 0 Å². The molecule has 4 heteroatoms. The Kier molecular flexibility index (Phi) is 2.58. The zero-order chi connectivity index (χ0) is 11.0. The zero-order valence-electron chi connectivity index (χ0n) is 8.99. The number of hydrogen-bond donors (Lipinski definition) is 1. The van der Waals surface area contributed by atoms with E-state index in [0.29, 0.717) is 11.2 Å².